The van der Waals surface area contributed by atoms with Crippen LogP contribution in [0.1, 0.15) is 28.7 Å². The minimum Gasteiger partial charge on any atom is -0.497 e. The van der Waals surface area contributed by atoms with Crippen molar-refractivity contribution in [3.05, 3.63) is 118 Å². The number of carbonyl (C=O) groups excluding carboxylic acids is 2. The number of ether oxygens (including phenoxy) is 2. The summed E-state index contributed by atoms with van der Waals surface area (Å²) in [4.78, 5) is 27.4. The number of carbonyl (C=O) groups is 2. The zero-order valence-electron chi connectivity index (χ0n) is 24.7. The normalized spacial score (nSPS) is 14.2. The van der Waals surface area contributed by atoms with Crippen molar-refractivity contribution >= 4 is 52.2 Å². The Hall–Kier alpha value is -4.65. The Morgan fingerprint density at radius 1 is 1.00 bits per heavy atom. The van der Waals surface area contributed by atoms with Crippen molar-refractivity contribution in [1.82, 2.24) is 25.1 Å². The van der Waals surface area contributed by atoms with E-state index in [1.165, 1.54) is 11.8 Å². The van der Waals surface area contributed by atoms with Crippen molar-refractivity contribution in [3.8, 4) is 17.2 Å². The Bertz CT molecular complexity index is 1830. The second-order valence-electron chi connectivity index (χ2n) is 10.1. The van der Waals surface area contributed by atoms with Crippen LogP contribution in [-0.2, 0) is 16.1 Å². The van der Waals surface area contributed by atoms with Crippen LogP contribution in [0.4, 0.5) is 0 Å². The number of thiophene rings is 1. The number of amides is 2. The van der Waals surface area contributed by atoms with Gasteiger partial charge in [-0.25, -0.2) is 5.01 Å². The largest absolute Gasteiger partial charge is 0.497 e. The second kappa shape index (κ2) is 14.6. The van der Waals surface area contributed by atoms with Crippen LogP contribution in [0.2, 0.25) is 5.02 Å². The molecule has 6 rings (SSSR count). The van der Waals surface area contributed by atoms with Gasteiger partial charge in [-0.1, -0.05) is 65.8 Å². The highest BCUT2D eigenvalue weighted by atomic mass is 35.5. The summed E-state index contributed by atoms with van der Waals surface area (Å²) in [6.45, 7) is -0.0598. The summed E-state index contributed by atoms with van der Waals surface area (Å²) in [5.74, 6) is 1.38. The maximum atomic E-state index is 13.8. The predicted molar refractivity (Wildman–Crippen MR) is 179 cm³/mol. The van der Waals surface area contributed by atoms with E-state index in [0.717, 1.165) is 21.9 Å². The van der Waals surface area contributed by atoms with E-state index in [-0.39, 0.29) is 36.8 Å². The molecule has 5 aromatic rings. The number of para-hydroxylation sites is 1. The highest BCUT2D eigenvalue weighted by Gasteiger charge is 2.33. The minimum atomic E-state index is -0.313. The van der Waals surface area contributed by atoms with Crippen molar-refractivity contribution in [3.63, 3.8) is 0 Å². The molecule has 46 heavy (non-hydrogen) atoms. The van der Waals surface area contributed by atoms with Gasteiger partial charge < -0.3 is 14.8 Å². The van der Waals surface area contributed by atoms with Crippen molar-refractivity contribution in [2.24, 2.45) is 5.10 Å². The molecule has 1 N–H and O–H groups in total. The zero-order chi connectivity index (χ0) is 31.9. The highest BCUT2D eigenvalue weighted by molar-refractivity contribution is 7.99. The van der Waals surface area contributed by atoms with Gasteiger partial charge in [0, 0.05) is 11.4 Å². The van der Waals surface area contributed by atoms with Crippen LogP contribution in [0.15, 0.2) is 107 Å². The second-order valence-corrected chi connectivity index (χ2v) is 12.5. The van der Waals surface area contributed by atoms with Gasteiger partial charge in [0.2, 0.25) is 0 Å². The maximum Gasteiger partial charge on any atom is 0.258 e. The average Bonchev–Trinajstić information content (AvgIpc) is 3.86. The van der Waals surface area contributed by atoms with Gasteiger partial charge in [-0.05, 0) is 59.5 Å². The topological polar surface area (TPSA) is 111 Å². The summed E-state index contributed by atoms with van der Waals surface area (Å²) < 4.78 is 12.7. The molecule has 1 atom stereocenters. The SMILES string of the molecule is COc1ccc([C@@H]2CC(c3cccs3)=NN2C(=O)CSc2nnc(CNC(=O)COc3ccccc3)n2-c2cccc(Cl)c2)cc1. The number of hydrazone groups is 1. The molecule has 0 spiro atoms. The molecule has 10 nitrogen and oxygen atoms in total. The third kappa shape index (κ3) is 7.41. The Morgan fingerprint density at radius 3 is 2.57 bits per heavy atom. The van der Waals surface area contributed by atoms with E-state index in [2.05, 4.69) is 15.5 Å². The molecular formula is C33H29ClN6O4S2. The number of methoxy groups -OCH3 is 1. The number of nitrogens with zero attached hydrogens (tertiary/aromatic N) is 5. The van der Waals surface area contributed by atoms with Gasteiger partial charge in [-0.15, -0.1) is 21.5 Å². The smallest absolute Gasteiger partial charge is 0.258 e. The van der Waals surface area contributed by atoms with E-state index in [1.54, 1.807) is 52.3 Å². The molecule has 0 radical (unpaired) electrons. The van der Waals surface area contributed by atoms with E-state index >= 15 is 0 Å². The molecule has 0 fully saturated rings. The number of rotatable bonds is 12. The Morgan fingerprint density at radius 2 is 1.83 bits per heavy atom. The molecular weight excluding hydrogens is 644 g/mol. The van der Waals surface area contributed by atoms with Crippen LogP contribution in [0.25, 0.3) is 5.69 Å². The van der Waals surface area contributed by atoms with Crippen LogP contribution in [0.3, 0.4) is 0 Å². The third-order valence-corrected chi connectivity index (χ3v) is 9.19. The van der Waals surface area contributed by atoms with E-state index in [4.69, 9.17) is 26.2 Å². The molecule has 0 saturated carbocycles. The van der Waals surface area contributed by atoms with Crippen molar-refractivity contribution in [2.75, 3.05) is 19.5 Å². The first-order valence-corrected chi connectivity index (χ1v) is 16.6. The first-order valence-electron chi connectivity index (χ1n) is 14.3. The van der Waals surface area contributed by atoms with Gasteiger partial charge in [0.25, 0.3) is 11.8 Å². The summed E-state index contributed by atoms with van der Waals surface area (Å²) in [6, 6.07) is 27.8. The van der Waals surface area contributed by atoms with Crippen LogP contribution < -0.4 is 14.8 Å². The summed E-state index contributed by atoms with van der Waals surface area (Å²) >= 11 is 9.16. The lowest BCUT2D eigenvalue weighted by Gasteiger charge is -2.22. The number of halogens is 1. The van der Waals surface area contributed by atoms with Gasteiger partial charge in [-0.3, -0.25) is 14.2 Å². The van der Waals surface area contributed by atoms with Crippen LogP contribution >= 0.6 is 34.7 Å². The molecule has 1 aliphatic rings. The summed E-state index contributed by atoms with van der Waals surface area (Å²) in [7, 11) is 1.62. The Labute approximate surface area is 279 Å². The van der Waals surface area contributed by atoms with E-state index < -0.39 is 0 Å². The number of benzene rings is 3. The molecule has 2 aromatic heterocycles. The number of hydrogen-bond donors (Lipinski definition) is 1. The van der Waals surface area contributed by atoms with Crippen LogP contribution in [-0.4, -0.2) is 56.8 Å². The Kier molecular flexibility index (Phi) is 9.97. The number of aromatic nitrogens is 3. The molecule has 2 amide bonds. The Balaban J connectivity index is 1.19. The summed E-state index contributed by atoms with van der Waals surface area (Å²) in [5.41, 5.74) is 2.53. The fraction of sp³-hybridized carbons (Fsp3) is 0.182. The van der Waals surface area contributed by atoms with E-state index in [1.807, 2.05) is 72.1 Å². The molecule has 234 valence electrons. The lowest BCUT2D eigenvalue weighted by molar-refractivity contribution is -0.130. The summed E-state index contributed by atoms with van der Waals surface area (Å²) in [6.07, 6.45) is 0.597. The van der Waals surface area contributed by atoms with Crippen molar-refractivity contribution in [2.45, 2.75) is 24.2 Å². The quantitative estimate of drug-likeness (QED) is 0.158. The molecule has 0 aliphatic carbocycles. The monoisotopic (exact) mass is 672 g/mol. The van der Waals surface area contributed by atoms with E-state index in [9.17, 15) is 9.59 Å². The predicted octanol–water partition coefficient (Wildman–Crippen LogP) is 6.16. The highest BCUT2D eigenvalue weighted by Crippen LogP contribution is 2.35. The average molecular weight is 673 g/mol. The molecule has 0 unspecified atom stereocenters. The first-order chi connectivity index (χ1) is 22.5. The lowest BCUT2D eigenvalue weighted by atomic mass is 10.0. The third-order valence-electron chi connectivity index (χ3n) is 7.12. The number of thioether (sulfide) groups is 1. The number of hydrogen-bond acceptors (Lipinski definition) is 9. The standard InChI is InChI=1S/C33H29ClN6O4S2/c1-43-25-14-12-22(13-15-25)28-18-27(29-11-6-16-45-29)38-40(28)32(42)21-46-33-37-36-30(39(33)24-8-5-7-23(34)17-24)19-35-31(41)20-44-26-9-3-2-4-10-26/h2-17,28H,18-21H2,1H3,(H,35,41)/t28-/m0/s1. The van der Waals surface area contributed by atoms with Gasteiger partial charge in [0.1, 0.15) is 11.5 Å². The molecule has 1 aliphatic heterocycles. The molecule has 3 heterocycles. The van der Waals surface area contributed by atoms with E-state index in [0.29, 0.717) is 33.9 Å². The van der Waals surface area contributed by atoms with Crippen molar-refractivity contribution < 1.29 is 19.1 Å². The van der Waals surface area contributed by atoms with Crippen molar-refractivity contribution in [1.29, 1.82) is 0 Å². The van der Waals surface area contributed by atoms with Gasteiger partial charge in [0.05, 0.1) is 41.7 Å². The van der Waals surface area contributed by atoms with Crippen LogP contribution in [0, 0.1) is 0 Å². The molecule has 0 saturated heterocycles. The fourth-order valence-corrected chi connectivity index (χ4v) is 6.62. The molecule has 3 aromatic carbocycles. The minimum absolute atomic E-state index is 0.0594. The van der Waals surface area contributed by atoms with Gasteiger partial charge >= 0.3 is 0 Å². The van der Waals surface area contributed by atoms with Gasteiger partial charge in [-0.2, -0.15) is 5.10 Å². The molecule has 0 bridgehead atoms. The summed E-state index contributed by atoms with van der Waals surface area (Å²) in [5, 5.41) is 20.9. The first kappa shape index (κ1) is 31.3. The number of nitrogens with one attached hydrogen (secondary N) is 1. The zero-order valence-corrected chi connectivity index (χ0v) is 27.1. The lowest BCUT2D eigenvalue weighted by Crippen LogP contribution is -2.29. The molecule has 13 heteroatoms. The van der Waals surface area contributed by atoms with Gasteiger partial charge in [0.15, 0.2) is 17.6 Å². The fourth-order valence-electron chi connectivity index (χ4n) is 4.89. The van der Waals surface area contributed by atoms with Crippen LogP contribution in [0.5, 0.6) is 11.5 Å². The maximum absolute atomic E-state index is 13.8.